The van der Waals surface area contributed by atoms with Gasteiger partial charge in [0, 0.05) is 5.56 Å². The summed E-state index contributed by atoms with van der Waals surface area (Å²) in [7, 11) is 0. The van der Waals surface area contributed by atoms with Gasteiger partial charge in [-0.25, -0.2) is 9.37 Å². The van der Waals surface area contributed by atoms with Crippen molar-refractivity contribution in [3.05, 3.63) is 83.5 Å². The van der Waals surface area contributed by atoms with E-state index in [4.69, 9.17) is 9.15 Å². The Hall–Kier alpha value is -3.67. The number of nitrogens with zero attached hydrogens (tertiary/aromatic N) is 1. The first-order valence-electron chi connectivity index (χ1n) is 8.69. The summed E-state index contributed by atoms with van der Waals surface area (Å²) in [5, 5.41) is 3.41. The molecule has 0 aliphatic carbocycles. The highest BCUT2D eigenvalue weighted by Gasteiger charge is 2.15. The van der Waals surface area contributed by atoms with E-state index in [0.29, 0.717) is 28.4 Å². The largest absolute Gasteiger partial charge is 0.461 e. The third-order valence-corrected chi connectivity index (χ3v) is 4.20. The van der Waals surface area contributed by atoms with Gasteiger partial charge >= 0.3 is 0 Å². The number of anilines is 1. The summed E-state index contributed by atoms with van der Waals surface area (Å²) in [6.07, 6.45) is 1.04. The molecule has 0 saturated carbocycles. The van der Waals surface area contributed by atoms with Crippen molar-refractivity contribution in [3.63, 3.8) is 0 Å². The molecular weight excluding hydrogens is 359 g/mol. The summed E-state index contributed by atoms with van der Waals surface area (Å²) in [6.45, 7) is 3.83. The first-order valence-corrected chi connectivity index (χ1v) is 8.69. The Kier molecular flexibility index (Phi) is 4.53. The van der Waals surface area contributed by atoms with E-state index in [1.165, 1.54) is 12.1 Å². The number of ether oxygens (including phenoxy) is 1. The van der Waals surface area contributed by atoms with Crippen molar-refractivity contribution in [1.82, 2.24) is 4.98 Å². The number of nitrogens with one attached hydrogen (secondary N) is 1. The molecule has 0 aliphatic rings. The van der Waals surface area contributed by atoms with Crippen molar-refractivity contribution in [2.24, 2.45) is 0 Å². The Morgan fingerprint density at radius 1 is 1.07 bits per heavy atom. The summed E-state index contributed by atoms with van der Waals surface area (Å²) in [5.74, 6) is 1.26. The lowest BCUT2D eigenvalue weighted by atomic mass is 10.1. The molecule has 0 saturated heterocycles. The number of carbonyl (C=O) groups is 1. The molecule has 4 rings (SSSR count). The number of rotatable bonds is 4. The van der Waals surface area contributed by atoms with Gasteiger partial charge in [-0.15, -0.1) is 0 Å². The Morgan fingerprint density at radius 3 is 2.57 bits per heavy atom. The van der Waals surface area contributed by atoms with Crippen LogP contribution in [0.5, 0.6) is 11.5 Å². The third-order valence-electron chi connectivity index (χ3n) is 4.20. The van der Waals surface area contributed by atoms with Crippen LogP contribution in [0.2, 0.25) is 0 Å². The van der Waals surface area contributed by atoms with Crippen LogP contribution in [0.25, 0.3) is 11.0 Å². The van der Waals surface area contributed by atoms with Crippen LogP contribution in [0, 0.1) is 19.7 Å². The molecule has 0 bridgehead atoms. The average Bonchev–Trinajstić information content (AvgIpc) is 3.06. The van der Waals surface area contributed by atoms with E-state index >= 15 is 0 Å². The number of pyridine rings is 1. The second-order valence-electron chi connectivity index (χ2n) is 6.47. The van der Waals surface area contributed by atoms with Crippen LogP contribution in [0.1, 0.15) is 21.7 Å². The van der Waals surface area contributed by atoms with Crippen LogP contribution in [0.15, 0.2) is 65.2 Å². The minimum Gasteiger partial charge on any atom is -0.461 e. The van der Waals surface area contributed by atoms with E-state index in [1.54, 1.807) is 12.1 Å². The van der Waals surface area contributed by atoms with Crippen LogP contribution in [-0.2, 0) is 0 Å². The average molecular weight is 376 g/mol. The molecule has 0 spiro atoms. The molecule has 0 unspecified atom stereocenters. The maximum Gasteiger partial charge on any atom is 0.257 e. The van der Waals surface area contributed by atoms with E-state index in [2.05, 4.69) is 10.3 Å². The van der Waals surface area contributed by atoms with Gasteiger partial charge in [0.2, 0.25) is 0 Å². The quantitative estimate of drug-likeness (QED) is 0.501. The Labute approximate surface area is 160 Å². The number of halogens is 1. The monoisotopic (exact) mass is 376 g/mol. The highest BCUT2D eigenvalue weighted by molar-refractivity contribution is 6.06. The van der Waals surface area contributed by atoms with E-state index in [9.17, 15) is 9.18 Å². The number of hydrogen-bond donors (Lipinski definition) is 1. The maximum atomic E-state index is 13.0. The summed E-state index contributed by atoms with van der Waals surface area (Å²) in [5.41, 5.74) is 2.01. The molecule has 2 heterocycles. The number of furan rings is 1. The number of carbonyl (C=O) groups excluding carboxylic acids is 1. The van der Waals surface area contributed by atoms with Gasteiger partial charge in [-0.3, -0.25) is 4.79 Å². The normalized spacial score (nSPS) is 10.8. The van der Waals surface area contributed by atoms with Crippen molar-refractivity contribution >= 4 is 22.7 Å². The second kappa shape index (κ2) is 7.15. The third kappa shape index (κ3) is 3.71. The predicted octanol–water partition coefficient (Wildman–Crippen LogP) is 5.63. The van der Waals surface area contributed by atoms with Gasteiger partial charge in [0.25, 0.3) is 5.91 Å². The van der Waals surface area contributed by atoms with Crippen LogP contribution < -0.4 is 10.1 Å². The van der Waals surface area contributed by atoms with Crippen LogP contribution in [-0.4, -0.2) is 10.9 Å². The SMILES string of the molecule is Cc1ccc(Oc2cc(C(=O)Nc3ccc(F)cn3)cc3oc(C)cc23)cc1. The van der Waals surface area contributed by atoms with E-state index in [-0.39, 0.29) is 5.82 Å². The van der Waals surface area contributed by atoms with Gasteiger partial charge < -0.3 is 14.5 Å². The van der Waals surface area contributed by atoms with Crippen molar-refractivity contribution < 1.29 is 18.3 Å². The molecule has 0 radical (unpaired) electrons. The topological polar surface area (TPSA) is 64.4 Å². The zero-order chi connectivity index (χ0) is 19.7. The zero-order valence-electron chi connectivity index (χ0n) is 15.3. The standard InChI is InChI=1S/C22H17FN2O3/c1-13-3-6-17(7-4-13)28-20-11-15(10-19-18(20)9-14(2)27-19)22(26)25-21-8-5-16(23)12-24-21/h3-12H,1-2H3,(H,24,25,26). The molecule has 1 amide bonds. The molecule has 2 aromatic carbocycles. The zero-order valence-corrected chi connectivity index (χ0v) is 15.3. The molecule has 0 aliphatic heterocycles. The number of hydrogen-bond acceptors (Lipinski definition) is 4. The predicted molar refractivity (Wildman–Crippen MR) is 104 cm³/mol. The highest BCUT2D eigenvalue weighted by atomic mass is 19.1. The van der Waals surface area contributed by atoms with Gasteiger partial charge in [0.15, 0.2) is 0 Å². The van der Waals surface area contributed by atoms with Gasteiger partial charge in [-0.05, 0) is 56.3 Å². The first kappa shape index (κ1) is 17.7. The summed E-state index contributed by atoms with van der Waals surface area (Å²) < 4.78 is 24.7. The Morgan fingerprint density at radius 2 is 1.86 bits per heavy atom. The van der Waals surface area contributed by atoms with Gasteiger partial charge in [0.05, 0.1) is 11.6 Å². The summed E-state index contributed by atoms with van der Waals surface area (Å²) >= 11 is 0. The minimum absolute atomic E-state index is 0.253. The maximum absolute atomic E-state index is 13.0. The molecular formula is C22H17FN2O3. The molecule has 5 nitrogen and oxygen atoms in total. The molecule has 140 valence electrons. The summed E-state index contributed by atoms with van der Waals surface area (Å²) in [6, 6.07) is 15.4. The summed E-state index contributed by atoms with van der Waals surface area (Å²) in [4.78, 5) is 16.5. The molecule has 0 atom stereocenters. The van der Waals surface area contributed by atoms with E-state index < -0.39 is 11.7 Å². The number of amides is 1. The van der Waals surface area contributed by atoms with Crippen molar-refractivity contribution in [1.29, 1.82) is 0 Å². The van der Waals surface area contributed by atoms with E-state index in [0.717, 1.165) is 17.1 Å². The fourth-order valence-corrected chi connectivity index (χ4v) is 2.82. The van der Waals surface area contributed by atoms with Crippen molar-refractivity contribution in [2.75, 3.05) is 5.32 Å². The molecule has 0 fully saturated rings. The van der Waals surface area contributed by atoms with E-state index in [1.807, 2.05) is 44.2 Å². The van der Waals surface area contributed by atoms with Gasteiger partial charge in [-0.2, -0.15) is 0 Å². The molecule has 6 heteroatoms. The fourth-order valence-electron chi connectivity index (χ4n) is 2.82. The molecule has 1 N–H and O–H groups in total. The number of aromatic nitrogens is 1. The first-order chi connectivity index (χ1) is 13.5. The molecule has 4 aromatic rings. The Bertz CT molecular complexity index is 1150. The number of benzene rings is 2. The number of fused-ring (bicyclic) bond motifs is 1. The van der Waals surface area contributed by atoms with Gasteiger partial charge in [0.1, 0.15) is 34.5 Å². The lowest BCUT2D eigenvalue weighted by molar-refractivity contribution is 0.102. The second-order valence-corrected chi connectivity index (χ2v) is 6.47. The number of aryl methyl sites for hydroxylation is 2. The molecule has 2 aromatic heterocycles. The van der Waals surface area contributed by atoms with Crippen LogP contribution in [0.3, 0.4) is 0 Å². The van der Waals surface area contributed by atoms with Crippen molar-refractivity contribution in [2.45, 2.75) is 13.8 Å². The lowest BCUT2D eigenvalue weighted by Gasteiger charge is -2.10. The fraction of sp³-hybridized carbons (Fsp3) is 0.0909. The van der Waals surface area contributed by atoms with Crippen LogP contribution >= 0.6 is 0 Å². The van der Waals surface area contributed by atoms with Crippen LogP contribution in [0.4, 0.5) is 10.2 Å². The molecule has 28 heavy (non-hydrogen) atoms. The minimum atomic E-state index is -0.473. The Balaban J connectivity index is 1.69. The van der Waals surface area contributed by atoms with Gasteiger partial charge in [-0.1, -0.05) is 17.7 Å². The van der Waals surface area contributed by atoms with Crippen molar-refractivity contribution in [3.8, 4) is 11.5 Å². The lowest BCUT2D eigenvalue weighted by Crippen LogP contribution is -2.13. The highest BCUT2D eigenvalue weighted by Crippen LogP contribution is 2.34. The smallest absolute Gasteiger partial charge is 0.257 e.